The summed E-state index contributed by atoms with van der Waals surface area (Å²) < 4.78 is 14.0. The number of halogens is 2. The zero-order valence-corrected chi connectivity index (χ0v) is 11.8. The van der Waals surface area contributed by atoms with Gasteiger partial charge in [-0.2, -0.15) is 5.26 Å². The first-order valence-corrected chi connectivity index (χ1v) is 7.08. The van der Waals surface area contributed by atoms with E-state index in [9.17, 15) is 9.65 Å². The lowest BCUT2D eigenvalue weighted by atomic mass is 9.92. The van der Waals surface area contributed by atoms with Crippen LogP contribution in [0.15, 0.2) is 18.2 Å². The quantitative estimate of drug-likeness (QED) is 0.825. The molecule has 102 valence electrons. The second kappa shape index (κ2) is 6.36. The topological polar surface area (TPSA) is 27.0 Å². The van der Waals surface area contributed by atoms with Gasteiger partial charge < -0.3 is 0 Å². The molecule has 1 aliphatic carbocycles. The van der Waals surface area contributed by atoms with Crippen molar-refractivity contribution < 1.29 is 4.39 Å². The molecule has 0 saturated heterocycles. The van der Waals surface area contributed by atoms with Crippen molar-refractivity contribution in [2.24, 2.45) is 0 Å². The molecule has 1 aliphatic rings. The smallest absolute Gasteiger partial charge is 0.130 e. The van der Waals surface area contributed by atoms with Crippen LogP contribution in [0.3, 0.4) is 0 Å². The maximum atomic E-state index is 14.0. The molecule has 19 heavy (non-hydrogen) atoms. The summed E-state index contributed by atoms with van der Waals surface area (Å²) in [6.07, 6.45) is 5.75. The highest BCUT2D eigenvalue weighted by Crippen LogP contribution is 2.33. The Labute approximate surface area is 118 Å². The SMILES string of the molecule is CN(C1CCCCC1)C(C#N)c1c(F)cccc1Cl. The molecule has 0 heterocycles. The van der Waals surface area contributed by atoms with E-state index in [1.54, 1.807) is 12.1 Å². The molecule has 1 saturated carbocycles. The molecule has 0 spiro atoms. The summed E-state index contributed by atoms with van der Waals surface area (Å²) in [7, 11) is 1.90. The van der Waals surface area contributed by atoms with E-state index < -0.39 is 11.9 Å². The van der Waals surface area contributed by atoms with Crippen molar-refractivity contribution in [2.45, 2.75) is 44.2 Å². The number of hydrogen-bond donors (Lipinski definition) is 0. The highest BCUT2D eigenvalue weighted by atomic mass is 35.5. The van der Waals surface area contributed by atoms with E-state index >= 15 is 0 Å². The lowest BCUT2D eigenvalue weighted by Crippen LogP contribution is -2.36. The van der Waals surface area contributed by atoms with Crippen molar-refractivity contribution >= 4 is 11.6 Å². The highest BCUT2D eigenvalue weighted by molar-refractivity contribution is 6.31. The van der Waals surface area contributed by atoms with Crippen molar-refractivity contribution in [1.29, 1.82) is 5.26 Å². The van der Waals surface area contributed by atoms with Crippen molar-refractivity contribution in [1.82, 2.24) is 4.90 Å². The van der Waals surface area contributed by atoms with E-state index in [0.29, 0.717) is 16.6 Å². The molecule has 1 aromatic carbocycles. The van der Waals surface area contributed by atoms with Gasteiger partial charge in [0.1, 0.15) is 11.9 Å². The fraction of sp³-hybridized carbons (Fsp3) is 0.533. The number of hydrogen-bond acceptors (Lipinski definition) is 2. The van der Waals surface area contributed by atoms with Gasteiger partial charge in [-0.1, -0.05) is 36.9 Å². The number of benzene rings is 1. The third-order valence-corrected chi connectivity index (χ3v) is 4.28. The van der Waals surface area contributed by atoms with E-state index in [4.69, 9.17) is 11.6 Å². The fourth-order valence-electron chi connectivity index (χ4n) is 2.83. The maximum Gasteiger partial charge on any atom is 0.130 e. The minimum absolute atomic E-state index is 0.305. The Morgan fingerprint density at radius 1 is 1.37 bits per heavy atom. The van der Waals surface area contributed by atoms with Crippen LogP contribution in [0.4, 0.5) is 4.39 Å². The highest BCUT2D eigenvalue weighted by Gasteiger charge is 2.28. The van der Waals surface area contributed by atoms with Gasteiger partial charge in [-0.15, -0.1) is 0 Å². The predicted octanol–water partition coefficient (Wildman–Crippen LogP) is 4.31. The summed E-state index contributed by atoms with van der Waals surface area (Å²) in [6.45, 7) is 0. The summed E-state index contributed by atoms with van der Waals surface area (Å²) in [5, 5.41) is 9.74. The van der Waals surface area contributed by atoms with Crippen LogP contribution in [0, 0.1) is 17.1 Å². The average molecular weight is 281 g/mol. The average Bonchev–Trinajstić information content (AvgIpc) is 2.43. The van der Waals surface area contributed by atoms with Crippen LogP contribution in [0.2, 0.25) is 5.02 Å². The minimum Gasteiger partial charge on any atom is -0.284 e. The number of nitrogens with zero attached hydrogens (tertiary/aromatic N) is 2. The fourth-order valence-corrected chi connectivity index (χ4v) is 3.10. The molecule has 1 fully saturated rings. The van der Waals surface area contributed by atoms with Crippen molar-refractivity contribution in [3.63, 3.8) is 0 Å². The summed E-state index contributed by atoms with van der Waals surface area (Å²) >= 11 is 6.07. The van der Waals surface area contributed by atoms with Crippen molar-refractivity contribution in [2.75, 3.05) is 7.05 Å². The summed E-state index contributed by atoms with van der Waals surface area (Å²) in [4.78, 5) is 1.98. The van der Waals surface area contributed by atoms with Gasteiger partial charge >= 0.3 is 0 Å². The van der Waals surface area contributed by atoms with Crippen LogP contribution in [-0.4, -0.2) is 18.0 Å². The van der Waals surface area contributed by atoms with Crippen LogP contribution in [0.5, 0.6) is 0 Å². The second-order valence-corrected chi connectivity index (χ2v) is 5.53. The molecule has 0 N–H and O–H groups in total. The van der Waals surface area contributed by atoms with Gasteiger partial charge in [0.2, 0.25) is 0 Å². The maximum absolute atomic E-state index is 14.0. The van der Waals surface area contributed by atoms with Gasteiger partial charge in [0.25, 0.3) is 0 Å². The summed E-state index contributed by atoms with van der Waals surface area (Å²) in [5.41, 5.74) is 0.305. The van der Waals surface area contributed by atoms with E-state index in [1.165, 1.54) is 25.3 Å². The Balaban J connectivity index is 2.26. The van der Waals surface area contributed by atoms with Gasteiger partial charge in [0.15, 0.2) is 0 Å². The molecule has 2 rings (SSSR count). The first-order chi connectivity index (χ1) is 9.15. The zero-order chi connectivity index (χ0) is 13.8. The molecule has 2 nitrogen and oxygen atoms in total. The van der Waals surface area contributed by atoms with Gasteiger partial charge in [-0.3, -0.25) is 4.90 Å². The van der Waals surface area contributed by atoms with Gasteiger partial charge in [0, 0.05) is 16.6 Å². The van der Waals surface area contributed by atoms with Gasteiger partial charge in [0.05, 0.1) is 6.07 Å². The van der Waals surface area contributed by atoms with Crippen LogP contribution >= 0.6 is 11.6 Å². The Hall–Kier alpha value is -1.11. The molecular weight excluding hydrogens is 263 g/mol. The minimum atomic E-state index is -0.614. The Kier molecular flexibility index (Phi) is 4.79. The summed E-state index contributed by atoms with van der Waals surface area (Å²) in [5.74, 6) is -0.401. The molecule has 0 amide bonds. The normalized spacial score (nSPS) is 18.3. The number of nitriles is 1. The Morgan fingerprint density at radius 2 is 2.05 bits per heavy atom. The largest absolute Gasteiger partial charge is 0.284 e. The van der Waals surface area contributed by atoms with Crippen molar-refractivity contribution in [3.05, 3.63) is 34.6 Å². The second-order valence-electron chi connectivity index (χ2n) is 5.12. The Bertz CT molecular complexity index is 457. The van der Waals surface area contributed by atoms with Gasteiger partial charge in [-0.25, -0.2) is 4.39 Å². The third kappa shape index (κ3) is 3.08. The van der Waals surface area contributed by atoms with E-state index in [2.05, 4.69) is 6.07 Å². The molecule has 0 bridgehead atoms. The molecule has 0 aromatic heterocycles. The Morgan fingerprint density at radius 3 is 2.63 bits per heavy atom. The van der Waals surface area contributed by atoms with E-state index in [-0.39, 0.29) is 0 Å². The molecule has 1 unspecified atom stereocenters. The molecule has 0 aliphatic heterocycles. The molecule has 0 radical (unpaired) electrons. The number of rotatable bonds is 3. The molecule has 4 heteroatoms. The standard InChI is InChI=1S/C15H18ClFN2/c1-19(11-6-3-2-4-7-11)14(10-18)15-12(16)8-5-9-13(15)17/h5,8-9,11,14H,2-4,6-7H2,1H3. The van der Waals surface area contributed by atoms with Crippen LogP contribution in [-0.2, 0) is 0 Å². The molecule has 1 atom stereocenters. The first-order valence-electron chi connectivity index (χ1n) is 6.70. The lowest BCUT2D eigenvalue weighted by Gasteiger charge is -2.34. The van der Waals surface area contributed by atoms with Crippen LogP contribution in [0.25, 0.3) is 0 Å². The molecule has 1 aromatic rings. The van der Waals surface area contributed by atoms with Crippen LogP contribution < -0.4 is 0 Å². The van der Waals surface area contributed by atoms with Crippen LogP contribution in [0.1, 0.15) is 43.7 Å². The predicted molar refractivity (Wildman–Crippen MR) is 74.4 cm³/mol. The lowest BCUT2D eigenvalue weighted by molar-refractivity contribution is 0.162. The first kappa shape index (κ1) is 14.3. The molecular formula is C15H18ClFN2. The van der Waals surface area contributed by atoms with E-state index in [1.807, 2.05) is 11.9 Å². The monoisotopic (exact) mass is 280 g/mol. The van der Waals surface area contributed by atoms with Crippen molar-refractivity contribution in [3.8, 4) is 6.07 Å². The zero-order valence-electron chi connectivity index (χ0n) is 11.1. The third-order valence-electron chi connectivity index (χ3n) is 3.95. The van der Waals surface area contributed by atoms with Gasteiger partial charge in [-0.05, 0) is 32.0 Å². The summed E-state index contributed by atoms with van der Waals surface area (Å²) in [6, 6.07) is 6.49. The van der Waals surface area contributed by atoms with E-state index in [0.717, 1.165) is 12.8 Å².